The highest BCUT2D eigenvalue weighted by Crippen LogP contribution is 2.36. The van der Waals surface area contributed by atoms with Crippen molar-refractivity contribution in [3.8, 4) is 0 Å². The second-order valence-corrected chi connectivity index (χ2v) is 10.1. The van der Waals surface area contributed by atoms with Gasteiger partial charge in [-0.1, -0.05) is 29.8 Å². The fourth-order valence-electron chi connectivity index (χ4n) is 4.19. The highest BCUT2D eigenvalue weighted by Gasteiger charge is 2.53. The van der Waals surface area contributed by atoms with Crippen LogP contribution in [0.5, 0.6) is 0 Å². The molecule has 0 saturated carbocycles. The van der Waals surface area contributed by atoms with Gasteiger partial charge in [0, 0.05) is 17.3 Å². The maximum Gasteiger partial charge on any atom is 0.325 e. The third kappa shape index (κ3) is 3.44. The van der Waals surface area contributed by atoms with Crippen molar-refractivity contribution in [3.63, 3.8) is 0 Å². The Morgan fingerprint density at radius 1 is 1.04 bits per heavy atom. The Labute approximate surface area is 164 Å². The Bertz CT molecular complexity index is 1000. The normalized spacial score (nSPS) is 23.7. The molecular formula is C20H21ClN2O3S. The van der Waals surface area contributed by atoms with Crippen LogP contribution in [0.15, 0.2) is 42.5 Å². The molecule has 2 aromatic rings. The molecule has 0 unspecified atom stereocenters. The quantitative estimate of drug-likeness (QED) is 0.735. The highest BCUT2D eigenvalue weighted by molar-refractivity contribution is 7.91. The summed E-state index contributed by atoms with van der Waals surface area (Å²) in [4.78, 5) is 16.6. The van der Waals surface area contributed by atoms with Gasteiger partial charge in [-0.3, -0.25) is 4.90 Å². The number of benzene rings is 2. The fraction of sp³-hybridized carbons (Fsp3) is 0.350. The van der Waals surface area contributed by atoms with Gasteiger partial charge in [-0.05, 0) is 54.8 Å². The summed E-state index contributed by atoms with van der Waals surface area (Å²) in [5.41, 5.74) is 3.74. The summed E-state index contributed by atoms with van der Waals surface area (Å²) in [5.74, 6) is 0.00765. The van der Waals surface area contributed by atoms with E-state index in [4.69, 9.17) is 11.6 Å². The SMILES string of the molecule is Cc1cc(C)cc(N2C(=O)N(Cc3cccc(Cl)c3)[C@H]3CS(=O)(=O)C[C@@H]32)c1. The van der Waals surface area contributed by atoms with Gasteiger partial charge in [0.2, 0.25) is 0 Å². The first kappa shape index (κ1) is 18.3. The van der Waals surface area contributed by atoms with Crippen LogP contribution >= 0.6 is 11.6 Å². The Morgan fingerprint density at radius 2 is 1.70 bits per heavy atom. The van der Waals surface area contributed by atoms with E-state index in [1.165, 1.54) is 0 Å². The number of rotatable bonds is 3. The van der Waals surface area contributed by atoms with E-state index in [1.807, 2.05) is 50.2 Å². The van der Waals surface area contributed by atoms with E-state index in [-0.39, 0.29) is 29.6 Å². The number of anilines is 1. The van der Waals surface area contributed by atoms with Gasteiger partial charge in [-0.15, -0.1) is 0 Å². The molecule has 7 heteroatoms. The van der Waals surface area contributed by atoms with Crippen LogP contribution in [-0.4, -0.2) is 42.9 Å². The Hall–Kier alpha value is -2.05. The van der Waals surface area contributed by atoms with Crippen LogP contribution in [0, 0.1) is 13.8 Å². The molecule has 2 aliphatic heterocycles. The van der Waals surface area contributed by atoms with Crippen molar-refractivity contribution in [2.45, 2.75) is 32.5 Å². The van der Waals surface area contributed by atoms with Crippen molar-refractivity contribution >= 4 is 33.2 Å². The van der Waals surface area contributed by atoms with Gasteiger partial charge in [0.05, 0.1) is 23.6 Å². The molecule has 0 aliphatic carbocycles. The lowest BCUT2D eigenvalue weighted by molar-refractivity contribution is 0.206. The molecule has 5 nitrogen and oxygen atoms in total. The number of hydrogen-bond donors (Lipinski definition) is 0. The van der Waals surface area contributed by atoms with Crippen LogP contribution in [-0.2, 0) is 16.4 Å². The number of carbonyl (C=O) groups excluding carboxylic acids is 1. The minimum atomic E-state index is -3.19. The highest BCUT2D eigenvalue weighted by atomic mass is 35.5. The lowest BCUT2D eigenvalue weighted by Crippen LogP contribution is -2.37. The van der Waals surface area contributed by atoms with Crippen LogP contribution in [0.2, 0.25) is 5.02 Å². The average molecular weight is 405 g/mol. The van der Waals surface area contributed by atoms with Gasteiger partial charge in [-0.25, -0.2) is 13.2 Å². The summed E-state index contributed by atoms with van der Waals surface area (Å²) in [5, 5.41) is 0.598. The molecule has 2 aliphatic rings. The summed E-state index contributed by atoms with van der Waals surface area (Å²) >= 11 is 6.07. The van der Waals surface area contributed by atoms with Gasteiger partial charge >= 0.3 is 6.03 Å². The standard InChI is InChI=1S/C20H21ClN2O3S/c1-13-6-14(2)8-17(7-13)23-19-12-27(25,26)11-18(19)22(20(23)24)10-15-4-3-5-16(21)9-15/h3-9,18-19H,10-12H2,1-2H3/t18-,19-/m0/s1. The van der Waals surface area contributed by atoms with E-state index >= 15 is 0 Å². The molecule has 142 valence electrons. The Balaban J connectivity index is 1.73. The van der Waals surface area contributed by atoms with Crippen molar-refractivity contribution in [1.82, 2.24) is 4.90 Å². The largest absolute Gasteiger partial charge is 0.325 e. The zero-order valence-corrected chi connectivity index (χ0v) is 16.8. The van der Waals surface area contributed by atoms with E-state index in [1.54, 1.807) is 15.9 Å². The summed E-state index contributed by atoms with van der Waals surface area (Å²) in [6.07, 6.45) is 0. The molecule has 2 fully saturated rings. The van der Waals surface area contributed by atoms with Gasteiger partial charge in [-0.2, -0.15) is 0 Å². The number of nitrogens with zero attached hydrogens (tertiary/aromatic N) is 2. The molecule has 2 amide bonds. The van der Waals surface area contributed by atoms with Crippen molar-refractivity contribution in [3.05, 3.63) is 64.2 Å². The molecule has 0 N–H and O–H groups in total. The van der Waals surface area contributed by atoms with Crippen LogP contribution in [0.1, 0.15) is 16.7 Å². The Morgan fingerprint density at radius 3 is 2.37 bits per heavy atom. The van der Waals surface area contributed by atoms with E-state index < -0.39 is 9.84 Å². The fourth-order valence-corrected chi connectivity index (χ4v) is 6.35. The second-order valence-electron chi connectivity index (χ2n) is 7.47. The van der Waals surface area contributed by atoms with Crippen LogP contribution < -0.4 is 4.90 Å². The monoisotopic (exact) mass is 404 g/mol. The topological polar surface area (TPSA) is 57.7 Å². The van der Waals surface area contributed by atoms with Crippen molar-refractivity contribution in [2.24, 2.45) is 0 Å². The molecule has 2 heterocycles. The van der Waals surface area contributed by atoms with Crippen molar-refractivity contribution < 1.29 is 13.2 Å². The lowest BCUT2D eigenvalue weighted by Gasteiger charge is -2.23. The molecule has 2 atom stereocenters. The molecule has 0 aromatic heterocycles. The summed E-state index contributed by atoms with van der Waals surface area (Å²) < 4.78 is 24.7. The number of carbonyl (C=O) groups is 1. The van der Waals surface area contributed by atoms with Crippen molar-refractivity contribution in [2.75, 3.05) is 16.4 Å². The predicted molar refractivity (Wildman–Crippen MR) is 107 cm³/mol. The number of fused-ring (bicyclic) bond motifs is 1. The van der Waals surface area contributed by atoms with Crippen LogP contribution in [0.4, 0.5) is 10.5 Å². The molecule has 4 rings (SSSR count). The van der Waals surface area contributed by atoms with Gasteiger partial charge in [0.15, 0.2) is 9.84 Å². The lowest BCUT2D eigenvalue weighted by atomic mass is 10.1. The van der Waals surface area contributed by atoms with Crippen molar-refractivity contribution in [1.29, 1.82) is 0 Å². The number of urea groups is 1. The number of aryl methyl sites for hydroxylation is 2. The van der Waals surface area contributed by atoms with Gasteiger partial charge in [0.25, 0.3) is 0 Å². The van der Waals surface area contributed by atoms with Crippen LogP contribution in [0.3, 0.4) is 0 Å². The molecule has 0 spiro atoms. The van der Waals surface area contributed by atoms with E-state index in [0.717, 1.165) is 22.4 Å². The van der Waals surface area contributed by atoms with E-state index in [0.29, 0.717) is 11.6 Å². The molecule has 2 saturated heterocycles. The third-order valence-electron chi connectivity index (χ3n) is 5.20. The number of amides is 2. The second kappa shape index (κ2) is 6.53. The first-order valence-electron chi connectivity index (χ1n) is 8.86. The maximum atomic E-state index is 13.3. The summed E-state index contributed by atoms with van der Waals surface area (Å²) in [6.45, 7) is 4.30. The Kier molecular flexibility index (Phi) is 4.43. The smallest absolute Gasteiger partial charge is 0.314 e. The zero-order valence-electron chi connectivity index (χ0n) is 15.2. The zero-order chi connectivity index (χ0) is 19.3. The maximum absolute atomic E-state index is 13.3. The molecule has 27 heavy (non-hydrogen) atoms. The first-order valence-corrected chi connectivity index (χ1v) is 11.1. The number of hydrogen-bond acceptors (Lipinski definition) is 3. The molecule has 2 aromatic carbocycles. The minimum absolute atomic E-state index is 0.00242. The van der Waals surface area contributed by atoms with Crippen LogP contribution in [0.25, 0.3) is 0 Å². The number of sulfone groups is 1. The predicted octanol–water partition coefficient (Wildman–Crippen LogP) is 3.56. The minimum Gasteiger partial charge on any atom is -0.314 e. The summed E-state index contributed by atoms with van der Waals surface area (Å²) in [7, 11) is -3.19. The van der Waals surface area contributed by atoms with Gasteiger partial charge < -0.3 is 4.90 Å². The van der Waals surface area contributed by atoms with Gasteiger partial charge in [0.1, 0.15) is 0 Å². The third-order valence-corrected chi connectivity index (χ3v) is 7.14. The molecule has 0 radical (unpaired) electrons. The first-order chi connectivity index (χ1) is 12.7. The van der Waals surface area contributed by atoms with E-state index in [9.17, 15) is 13.2 Å². The van der Waals surface area contributed by atoms with E-state index in [2.05, 4.69) is 0 Å². The average Bonchev–Trinajstić information content (AvgIpc) is 2.98. The number of halogens is 1. The molecule has 0 bridgehead atoms. The molecular weight excluding hydrogens is 384 g/mol. The summed E-state index contributed by atoms with van der Waals surface area (Å²) in [6, 6.07) is 12.4.